The number of esters is 3. The van der Waals surface area contributed by atoms with Crippen LogP contribution in [0.2, 0.25) is 0 Å². The summed E-state index contributed by atoms with van der Waals surface area (Å²) in [7, 11) is 0. The van der Waals surface area contributed by atoms with Gasteiger partial charge in [-0.3, -0.25) is 14.4 Å². The zero-order valence-corrected chi connectivity index (χ0v) is 49.4. The van der Waals surface area contributed by atoms with Gasteiger partial charge >= 0.3 is 17.9 Å². The molecule has 430 valence electrons. The van der Waals surface area contributed by atoms with Crippen LogP contribution in [0.15, 0.2) is 60.8 Å². The molecule has 6 heteroatoms. The van der Waals surface area contributed by atoms with E-state index < -0.39 is 6.10 Å². The van der Waals surface area contributed by atoms with E-state index in [9.17, 15) is 14.4 Å². The lowest BCUT2D eigenvalue weighted by atomic mass is 10.0. The van der Waals surface area contributed by atoms with Gasteiger partial charge in [0.1, 0.15) is 13.2 Å². The molecule has 74 heavy (non-hydrogen) atoms. The number of hydrogen-bond donors (Lipinski definition) is 0. The second-order valence-corrected chi connectivity index (χ2v) is 21.6. The van der Waals surface area contributed by atoms with Crippen LogP contribution in [0, 0.1) is 0 Å². The minimum atomic E-state index is -0.773. The van der Waals surface area contributed by atoms with Crippen molar-refractivity contribution in [2.24, 2.45) is 0 Å². The smallest absolute Gasteiger partial charge is 0.306 e. The summed E-state index contributed by atoms with van der Waals surface area (Å²) in [6, 6.07) is 0. The molecule has 0 aliphatic heterocycles. The van der Waals surface area contributed by atoms with Crippen molar-refractivity contribution in [1.82, 2.24) is 0 Å². The number of carbonyl (C=O) groups excluding carboxylic acids is 3. The molecule has 0 aromatic heterocycles. The van der Waals surface area contributed by atoms with Gasteiger partial charge in [0.05, 0.1) is 0 Å². The summed E-state index contributed by atoms with van der Waals surface area (Å²) in [5.74, 6) is -0.866. The molecule has 1 unspecified atom stereocenters. The number of ether oxygens (including phenoxy) is 3. The molecule has 0 saturated heterocycles. The van der Waals surface area contributed by atoms with E-state index in [0.29, 0.717) is 19.3 Å². The van der Waals surface area contributed by atoms with Gasteiger partial charge in [-0.25, -0.2) is 0 Å². The fourth-order valence-corrected chi connectivity index (χ4v) is 9.43. The minimum Gasteiger partial charge on any atom is -0.462 e. The quantitative estimate of drug-likeness (QED) is 0.0261. The van der Waals surface area contributed by atoms with Crippen LogP contribution in [0.3, 0.4) is 0 Å². The van der Waals surface area contributed by atoms with Gasteiger partial charge in [0.2, 0.25) is 0 Å². The van der Waals surface area contributed by atoms with Gasteiger partial charge in [-0.2, -0.15) is 0 Å². The molecular weight excluding hydrogens is 913 g/mol. The first-order valence-electron chi connectivity index (χ1n) is 32.3. The lowest BCUT2D eigenvalue weighted by Gasteiger charge is -2.18. The highest BCUT2D eigenvalue weighted by molar-refractivity contribution is 5.71. The van der Waals surface area contributed by atoms with E-state index in [1.807, 2.05) is 0 Å². The fourth-order valence-electron chi connectivity index (χ4n) is 9.43. The number of unbranched alkanes of at least 4 members (excludes halogenated alkanes) is 38. The van der Waals surface area contributed by atoms with Gasteiger partial charge in [-0.15, -0.1) is 0 Å². The van der Waals surface area contributed by atoms with Crippen molar-refractivity contribution in [3.05, 3.63) is 60.8 Å². The summed E-state index contributed by atoms with van der Waals surface area (Å²) in [5.41, 5.74) is 0. The molecule has 0 radical (unpaired) electrons. The van der Waals surface area contributed by atoms with Gasteiger partial charge in [0.15, 0.2) is 6.10 Å². The van der Waals surface area contributed by atoms with Crippen LogP contribution in [0.5, 0.6) is 0 Å². The molecule has 0 fully saturated rings. The third-order valence-electron chi connectivity index (χ3n) is 14.3. The van der Waals surface area contributed by atoms with E-state index in [0.717, 1.165) is 89.9 Å². The van der Waals surface area contributed by atoms with Crippen molar-refractivity contribution in [1.29, 1.82) is 0 Å². The van der Waals surface area contributed by atoms with Gasteiger partial charge in [-0.1, -0.05) is 293 Å². The number of allylic oxidation sites excluding steroid dienone is 10. The van der Waals surface area contributed by atoms with E-state index in [-0.39, 0.29) is 31.1 Å². The lowest BCUT2D eigenvalue weighted by Crippen LogP contribution is -2.30. The van der Waals surface area contributed by atoms with Gasteiger partial charge in [-0.05, 0) is 83.5 Å². The molecule has 6 nitrogen and oxygen atoms in total. The van der Waals surface area contributed by atoms with Crippen LogP contribution >= 0.6 is 0 Å². The van der Waals surface area contributed by atoms with Crippen LogP contribution in [-0.2, 0) is 28.6 Å². The Labute approximate surface area is 460 Å². The Balaban J connectivity index is 4.08. The Morgan fingerprint density at radius 3 is 0.838 bits per heavy atom. The van der Waals surface area contributed by atoms with Crippen molar-refractivity contribution in [3.8, 4) is 0 Å². The van der Waals surface area contributed by atoms with Crippen LogP contribution < -0.4 is 0 Å². The molecule has 0 rings (SSSR count). The Kier molecular flexibility index (Phi) is 60.2. The third-order valence-corrected chi connectivity index (χ3v) is 14.3. The summed E-state index contributed by atoms with van der Waals surface area (Å²) in [6.07, 6.45) is 79.7. The maximum atomic E-state index is 12.8. The summed E-state index contributed by atoms with van der Waals surface area (Å²) < 4.78 is 16.9. The third kappa shape index (κ3) is 60.0. The molecule has 0 saturated carbocycles. The molecule has 0 bridgehead atoms. The van der Waals surface area contributed by atoms with Crippen LogP contribution in [0.1, 0.15) is 335 Å². The summed E-state index contributed by atoms with van der Waals surface area (Å²) >= 11 is 0. The largest absolute Gasteiger partial charge is 0.462 e. The highest BCUT2D eigenvalue weighted by atomic mass is 16.6. The van der Waals surface area contributed by atoms with Crippen LogP contribution in [0.25, 0.3) is 0 Å². The molecule has 0 aromatic carbocycles. The number of hydrogen-bond acceptors (Lipinski definition) is 6. The maximum Gasteiger partial charge on any atom is 0.306 e. The van der Waals surface area contributed by atoms with Crippen molar-refractivity contribution in [2.75, 3.05) is 13.2 Å². The summed E-state index contributed by atoms with van der Waals surface area (Å²) in [4.78, 5) is 38.1. The predicted molar refractivity (Wildman–Crippen MR) is 321 cm³/mol. The topological polar surface area (TPSA) is 78.9 Å². The molecular formula is C68H122O6. The van der Waals surface area contributed by atoms with Crippen LogP contribution in [-0.4, -0.2) is 37.2 Å². The predicted octanol–water partition coefficient (Wildman–Crippen LogP) is 21.9. The Morgan fingerprint density at radius 2 is 0.527 bits per heavy atom. The first-order valence-corrected chi connectivity index (χ1v) is 32.3. The molecule has 0 N–H and O–H groups in total. The Morgan fingerprint density at radius 1 is 0.284 bits per heavy atom. The molecule has 0 aliphatic rings. The SMILES string of the molecule is CC/C=C\C/C=C\C/C=C\C/C=C\CCCCCCCCCCCCCCCCCCCCC(=O)OCC(COC(=O)CCCCCCCCCCC)OC(=O)CCCCCCC/C=C\CCCCCCCCC. The molecule has 0 heterocycles. The first-order chi connectivity index (χ1) is 36.5. The zero-order valence-electron chi connectivity index (χ0n) is 49.4. The van der Waals surface area contributed by atoms with Crippen LogP contribution in [0.4, 0.5) is 0 Å². The molecule has 0 amide bonds. The Hall–Kier alpha value is -2.89. The first kappa shape index (κ1) is 71.1. The van der Waals surface area contributed by atoms with E-state index in [1.165, 1.54) is 205 Å². The van der Waals surface area contributed by atoms with E-state index in [1.54, 1.807) is 0 Å². The highest BCUT2D eigenvalue weighted by Gasteiger charge is 2.19. The van der Waals surface area contributed by atoms with E-state index in [4.69, 9.17) is 14.2 Å². The maximum absolute atomic E-state index is 12.8. The standard InChI is InChI=1S/C68H122O6/c1-4-7-10-13-16-19-21-23-25-27-28-29-30-31-32-33-34-35-36-37-38-39-40-41-43-44-46-49-52-55-58-61-67(70)73-64-65(63-72-66(69)60-57-54-51-48-18-15-12-9-6-3)74-68(71)62-59-56-53-50-47-45-42-26-24-22-20-17-14-11-8-5-2/h7,10,16,19,23,25-26,28-29,42,65H,4-6,8-9,11-15,17-18,20-22,24,27,30-41,43-64H2,1-3H3/b10-7-,19-16-,25-23-,29-28-,42-26-. The van der Waals surface area contributed by atoms with Gasteiger partial charge in [0, 0.05) is 19.3 Å². The molecule has 0 aromatic rings. The van der Waals surface area contributed by atoms with Crippen molar-refractivity contribution in [2.45, 2.75) is 341 Å². The van der Waals surface area contributed by atoms with Crippen molar-refractivity contribution >= 4 is 17.9 Å². The lowest BCUT2D eigenvalue weighted by molar-refractivity contribution is -0.167. The zero-order chi connectivity index (χ0) is 53.6. The molecule has 1 atom stereocenters. The average Bonchev–Trinajstić information content (AvgIpc) is 3.40. The monoisotopic (exact) mass is 1030 g/mol. The van der Waals surface area contributed by atoms with Gasteiger partial charge in [0.25, 0.3) is 0 Å². The number of rotatable bonds is 59. The summed E-state index contributed by atoms with van der Waals surface area (Å²) in [5, 5.41) is 0. The van der Waals surface area contributed by atoms with E-state index >= 15 is 0 Å². The second-order valence-electron chi connectivity index (χ2n) is 21.6. The Bertz CT molecular complexity index is 1330. The number of carbonyl (C=O) groups is 3. The highest BCUT2D eigenvalue weighted by Crippen LogP contribution is 2.17. The fraction of sp³-hybridized carbons (Fsp3) is 0.809. The normalized spacial score (nSPS) is 12.4. The summed E-state index contributed by atoms with van der Waals surface area (Å²) in [6.45, 7) is 6.54. The minimum absolute atomic E-state index is 0.0724. The van der Waals surface area contributed by atoms with Gasteiger partial charge < -0.3 is 14.2 Å². The molecule has 0 aliphatic carbocycles. The van der Waals surface area contributed by atoms with Crippen molar-refractivity contribution in [3.63, 3.8) is 0 Å². The second kappa shape index (κ2) is 62.6. The van der Waals surface area contributed by atoms with Crippen molar-refractivity contribution < 1.29 is 28.6 Å². The van der Waals surface area contributed by atoms with E-state index in [2.05, 4.69) is 81.5 Å². The average molecular weight is 1040 g/mol. The molecule has 0 spiro atoms.